The van der Waals surface area contributed by atoms with Crippen molar-refractivity contribution in [3.8, 4) is 0 Å². The number of benzene rings is 1. The van der Waals surface area contributed by atoms with Crippen LogP contribution in [0.25, 0.3) is 0 Å². The Bertz CT molecular complexity index is 1180. The minimum absolute atomic E-state index is 0.0482. The van der Waals surface area contributed by atoms with Gasteiger partial charge in [-0.1, -0.05) is 12.1 Å². The van der Waals surface area contributed by atoms with Gasteiger partial charge in [0.25, 0.3) is 0 Å². The first-order valence-electron chi connectivity index (χ1n) is 12.0. The van der Waals surface area contributed by atoms with Gasteiger partial charge in [-0.05, 0) is 74.5 Å². The fourth-order valence-corrected chi connectivity index (χ4v) is 6.93. The second kappa shape index (κ2) is 8.75. The van der Waals surface area contributed by atoms with Gasteiger partial charge < -0.3 is 0 Å². The van der Waals surface area contributed by atoms with Gasteiger partial charge in [-0.15, -0.1) is 0 Å². The molecule has 3 fully saturated rings. The number of nitrogens with zero attached hydrogens (tertiary/aromatic N) is 2. The van der Waals surface area contributed by atoms with Crippen LogP contribution in [0.1, 0.15) is 85.7 Å². The zero-order chi connectivity index (χ0) is 23.2. The van der Waals surface area contributed by atoms with E-state index in [4.69, 9.17) is 0 Å². The van der Waals surface area contributed by atoms with Crippen molar-refractivity contribution >= 4 is 21.4 Å². The summed E-state index contributed by atoms with van der Waals surface area (Å²) in [6, 6.07) is 5.55. The molecule has 1 aromatic heterocycles. The standard InChI is InChI=1S/C26H30N2O4S/c1-16-14-28-20(15-27-16)13-25(30)23(11-17-2-6-21(29)10-17)19-5-9-26(24(12-19)18-3-4-18)33(31,32)22-7-8-22/h5,9,12,14-15,17-18,22-23H,2-4,6-8,10-11,13H2,1H3/t17-,23+/m0/s1. The molecule has 0 spiro atoms. The van der Waals surface area contributed by atoms with E-state index >= 15 is 0 Å². The summed E-state index contributed by atoms with van der Waals surface area (Å²) in [6.45, 7) is 1.86. The lowest BCUT2D eigenvalue weighted by Gasteiger charge is -2.21. The molecule has 1 heterocycles. The van der Waals surface area contributed by atoms with Crippen LogP contribution in [0.3, 0.4) is 0 Å². The van der Waals surface area contributed by atoms with Gasteiger partial charge in [0.15, 0.2) is 9.84 Å². The lowest BCUT2D eigenvalue weighted by Crippen LogP contribution is -2.20. The van der Waals surface area contributed by atoms with E-state index in [-0.39, 0.29) is 41.0 Å². The molecule has 7 heteroatoms. The zero-order valence-corrected chi connectivity index (χ0v) is 19.8. The van der Waals surface area contributed by atoms with Crippen molar-refractivity contribution in [3.63, 3.8) is 0 Å². The lowest BCUT2D eigenvalue weighted by molar-refractivity contribution is -0.121. The van der Waals surface area contributed by atoms with E-state index in [0.29, 0.717) is 29.9 Å². The molecular weight excluding hydrogens is 436 g/mol. The third kappa shape index (κ3) is 4.93. The van der Waals surface area contributed by atoms with Crippen LogP contribution in [0, 0.1) is 12.8 Å². The van der Waals surface area contributed by atoms with Crippen molar-refractivity contribution in [1.29, 1.82) is 0 Å². The second-order valence-corrected chi connectivity index (χ2v) is 12.2. The first kappa shape index (κ1) is 22.4. The van der Waals surface area contributed by atoms with Gasteiger partial charge in [-0.2, -0.15) is 0 Å². The SMILES string of the molecule is Cc1cnc(CC(=O)[C@H](C[C@H]2CCC(=O)C2)c2ccc(S(=O)(=O)C3CC3)c(C3CC3)c2)cn1. The normalized spacial score (nSPS) is 21.8. The van der Waals surface area contributed by atoms with E-state index in [9.17, 15) is 18.0 Å². The Labute approximate surface area is 195 Å². The summed E-state index contributed by atoms with van der Waals surface area (Å²) >= 11 is 0. The van der Waals surface area contributed by atoms with Gasteiger partial charge in [-0.25, -0.2) is 8.42 Å². The molecule has 0 amide bonds. The Hall–Kier alpha value is -2.41. The Morgan fingerprint density at radius 1 is 1.09 bits per heavy atom. The van der Waals surface area contributed by atoms with Gasteiger partial charge in [0.05, 0.1) is 28.0 Å². The number of Topliss-reactive ketones (excluding diaryl/α,β-unsaturated/α-hetero) is 2. The van der Waals surface area contributed by atoms with Gasteiger partial charge >= 0.3 is 0 Å². The van der Waals surface area contributed by atoms with Crippen LogP contribution in [0.5, 0.6) is 0 Å². The minimum Gasteiger partial charge on any atom is -0.300 e. The number of hydrogen-bond donors (Lipinski definition) is 0. The summed E-state index contributed by atoms with van der Waals surface area (Å²) in [5.74, 6) is 0.390. The van der Waals surface area contributed by atoms with E-state index in [2.05, 4.69) is 9.97 Å². The quantitative estimate of drug-likeness (QED) is 0.548. The summed E-state index contributed by atoms with van der Waals surface area (Å²) in [5.41, 5.74) is 3.19. The summed E-state index contributed by atoms with van der Waals surface area (Å²) in [7, 11) is -3.29. The molecule has 0 radical (unpaired) electrons. The number of aromatic nitrogens is 2. The summed E-state index contributed by atoms with van der Waals surface area (Å²) in [5, 5.41) is -0.247. The number of hydrogen-bond acceptors (Lipinski definition) is 6. The van der Waals surface area contributed by atoms with E-state index in [1.54, 1.807) is 18.5 Å². The molecule has 0 unspecified atom stereocenters. The van der Waals surface area contributed by atoms with Gasteiger partial charge in [0, 0.05) is 31.2 Å². The largest absolute Gasteiger partial charge is 0.300 e. The van der Waals surface area contributed by atoms with Crippen LogP contribution in [0.4, 0.5) is 0 Å². The molecule has 1 aromatic carbocycles. The van der Waals surface area contributed by atoms with Gasteiger partial charge in [0.2, 0.25) is 0 Å². The van der Waals surface area contributed by atoms with Crippen LogP contribution >= 0.6 is 0 Å². The van der Waals surface area contributed by atoms with Crippen LogP contribution in [-0.4, -0.2) is 35.2 Å². The molecule has 33 heavy (non-hydrogen) atoms. The second-order valence-electron chi connectivity index (χ2n) is 10.0. The highest BCUT2D eigenvalue weighted by Gasteiger charge is 2.41. The Morgan fingerprint density at radius 3 is 2.48 bits per heavy atom. The maximum Gasteiger partial charge on any atom is 0.181 e. The molecule has 0 saturated heterocycles. The van der Waals surface area contributed by atoms with Crippen molar-refractivity contribution < 1.29 is 18.0 Å². The maximum absolute atomic E-state index is 13.5. The Morgan fingerprint density at radius 2 is 1.88 bits per heavy atom. The minimum atomic E-state index is -3.29. The van der Waals surface area contributed by atoms with Crippen LogP contribution < -0.4 is 0 Å². The smallest absolute Gasteiger partial charge is 0.181 e. The molecule has 0 bridgehead atoms. The number of sulfone groups is 1. The number of carbonyl (C=O) groups is 2. The number of ketones is 2. The predicted octanol–water partition coefficient (Wildman–Crippen LogP) is 4.25. The summed E-state index contributed by atoms with van der Waals surface area (Å²) < 4.78 is 26.1. The first-order chi connectivity index (χ1) is 15.8. The maximum atomic E-state index is 13.5. The molecule has 2 aromatic rings. The molecule has 3 saturated carbocycles. The van der Waals surface area contributed by atoms with E-state index in [0.717, 1.165) is 48.9 Å². The van der Waals surface area contributed by atoms with Crippen molar-refractivity contribution in [2.75, 3.05) is 0 Å². The Balaban J connectivity index is 1.47. The summed E-state index contributed by atoms with van der Waals surface area (Å²) in [4.78, 5) is 34.4. The lowest BCUT2D eigenvalue weighted by atomic mass is 9.83. The number of carbonyl (C=O) groups excluding carboxylic acids is 2. The molecule has 174 valence electrons. The monoisotopic (exact) mass is 466 g/mol. The van der Waals surface area contributed by atoms with Gasteiger partial charge in [-0.3, -0.25) is 19.6 Å². The average molecular weight is 467 g/mol. The zero-order valence-electron chi connectivity index (χ0n) is 19.0. The highest BCUT2D eigenvalue weighted by atomic mass is 32.2. The van der Waals surface area contributed by atoms with Crippen molar-refractivity contribution in [3.05, 3.63) is 53.1 Å². The molecule has 6 nitrogen and oxygen atoms in total. The number of rotatable bonds is 9. The fraction of sp³-hybridized carbons (Fsp3) is 0.538. The number of aryl methyl sites for hydroxylation is 1. The van der Waals surface area contributed by atoms with Crippen molar-refractivity contribution in [2.45, 2.75) is 86.7 Å². The predicted molar refractivity (Wildman–Crippen MR) is 124 cm³/mol. The molecule has 2 atom stereocenters. The molecule has 0 N–H and O–H groups in total. The van der Waals surface area contributed by atoms with E-state index in [1.165, 1.54) is 0 Å². The molecule has 3 aliphatic carbocycles. The van der Waals surface area contributed by atoms with Crippen molar-refractivity contribution in [2.24, 2.45) is 5.92 Å². The first-order valence-corrected chi connectivity index (χ1v) is 13.6. The average Bonchev–Trinajstić information content (AvgIpc) is 3.70. The Kier molecular flexibility index (Phi) is 5.93. The van der Waals surface area contributed by atoms with Gasteiger partial charge in [0.1, 0.15) is 11.6 Å². The van der Waals surface area contributed by atoms with Crippen LogP contribution in [0.15, 0.2) is 35.5 Å². The van der Waals surface area contributed by atoms with Crippen LogP contribution in [0.2, 0.25) is 0 Å². The van der Waals surface area contributed by atoms with E-state index in [1.807, 2.05) is 19.1 Å². The molecule has 3 aliphatic rings. The molecule has 5 rings (SSSR count). The molecular formula is C26H30N2O4S. The van der Waals surface area contributed by atoms with Crippen LogP contribution in [-0.2, 0) is 25.8 Å². The van der Waals surface area contributed by atoms with E-state index < -0.39 is 9.84 Å². The highest BCUT2D eigenvalue weighted by Crippen LogP contribution is 2.47. The highest BCUT2D eigenvalue weighted by molar-refractivity contribution is 7.92. The summed E-state index contributed by atoms with van der Waals surface area (Å²) in [6.07, 6.45) is 9.49. The fourth-order valence-electron chi connectivity index (χ4n) is 5.01. The third-order valence-corrected chi connectivity index (χ3v) is 9.55. The molecule has 0 aliphatic heterocycles. The van der Waals surface area contributed by atoms with Crippen molar-refractivity contribution in [1.82, 2.24) is 9.97 Å². The third-order valence-electron chi connectivity index (χ3n) is 7.22. The topological polar surface area (TPSA) is 94.1 Å².